The largest absolute Gasteiger partial charge is 0.255 e. The average molecular weight is 610 g/mol. The van der Waals surface area contributed by atoms with Crippen LogP contribution < -0.4 is 0 Å². The van der Waals surface area contributed by atoms with E-state index in [0.717, 1.165) is 56.3 Å². The summed E-state index contributed by atoms with van der Waals surface area (Å²) in [5.74, 6) is 0.724. The molecule has 4 heteroatoms. The second-order valence-electron chi connectivity index (χ2n) is 11.9. The number of pyridine rings is 1. The van der Waals surface area contributed by atoms with Gasteiger partial charge in [0, 0.05) is 54.2 Å². The molecule has 8 rings (SSSR count). The van der Waals surface area contributed by atoms with E-state index in [1.807, 2.05) is 29.7 Å². The molecule has 0 fully saturated rings. The highest BCUT2D eigenvalue weighted by Gasteiger charge is 2.20. The van der Waals surface area contributed by atoms with Crippen LogP contribution in [0, 0.1) is 20.8 Å². The van der Waals surface area contributed by atoms with E-state index in [0.29, 0.717) is 0 Å². The third-order valence-corrected chi connectivity index (χ3v) is 9.76. The van der Waals surface area contributed by atoms with Crippen molar-refractivity contribution in [1.29, 1.82) is 0 Å². The van der Waals surface area contributed by atoms with Gasteiger partial charge in [-0.25, -0.2) is 9.97 Å². The Balaban J connectivity index is 1.45. The Bertz CT molecular complexity index is 2370. The Morgan fingerprint density at radius 3 is 1.93 bits per heavy atom. The van der Waals surface area contributed by atoms with Crippen LogP contribution >= 0.6 is 11.3 Å². The molecule has 0 unspecified atom stereocenters. The van der Waals surface area contributed by atoms with Crippen molar-refractivity contribution in [2.75, 3.05) is 0 Å². The van der Waals surface area contributed by atoms with Gasteiger partial charge in [0.05, 0.1) is 17.1 Å². The maximum absolute atomic E-state index is 5.35. The van der Waals surface area contributed by atoms with Crippen molar-refractivity contribution in [3.63, 3.8) is 0 Å². The van der Waals surface area contributed by atoms with Crippen LogP contribution in [0.4, 0.5) is 0 Å². The Morgan fingerprint density at radius 1 is 0.522 bits per heavy atom. The van der Waals surface area contributed by atoms with Crippen LogP contribution in [0.5, 0.6) is 0 Å². The smallest absolute Gasteiger partial charge is 0.160 e. The van der Waals surface area contributed by atoms with Gasteiger partial charge in [-0.05, 0) is 61.7 Å². The van der Waals surface area contributed by atoms with Crippen molar-refractivity contribution in [3.8, 4) is 56.3 Å². The number of hydrogen-bond acceptors (Lipinski definition) is 4. The molecule has 0 aliphatic rings. The van der Waals surface area contributed by atoms with Crippen LogP contribution in [0.3, 0.4) is 0 Å². The normalized spacial score (nSPS) is 11.4. The van der Waals surface area contributed by atoms with Crippen molar-refractivity contribution >= 4 is 31.5 Å². The van der Waals surface area contributed by atoms with Crippen molar-refractivity contribution in [3.05, 3.63) is 150 Å². The van der Waals surface area contributed by atoms with Gasteiger partial charge in [-0.2, -0.15) is 0 Å². The van der Waals surface area contributed by atoms with Gasteiger partial charge in [-0.1, -0.05) is 109 Å². The lowest BCUT2D eigenvalue weighted by atomic mass is 9.95. The predicted molar refractivity (Wildman–Crippen MR) is 194 cm³/mol. The monoisotopic (exact) mass is 609 g/mol. The molecule has 0 aliphatic carbocycles. The molecule has 0 N–H and O–H groups in total. The number of rotatable bonds is 5. The molecule has 3 nitrogen and oxygen atoms in total. The molecule has 46 heavy (non-hydrogen) atoms. The molecule has 0 saturated carbocycles. The molecular weight excluding hydrogens is 579 g/mol. The van der Waals surface area contributed by atoms with Crippen LogP contribution in [0.1, 0.15) is 16.7 Å². The average Bonchev–Trinajstić information content (AvgIpc) is 3.47. The molecule has 8 aromatic rings. The van der Waals surface area contributed by atoms with Gasteiger partial charge in [0.15, 0.2) is 5.82 Å². The minimum Gasteiger partial charge on any atom is -0.255 e. The second kappa shape index (κ2) is 11.5. The summed E-state index contributed by atoms with van der Waals surface area (Å²) in [6.07, 6.45) is 2.00. The first-order valence-corrected chi connectivity index (χ1v) is 16.3. The van der Waals surface area contributed by atoms with Gasteiger partial charge in [0.2, 0.25) is 0 Å². The number of fused-ring (bicyclic) bond motifs is 3. The lowest BCUT2D eigenvalue weighted by Crippen LogP contribution is -2.01. The molecule has 3 aromatic heterocycles. The number of thiophene rings is 1. The Hall–Kier alpha value is -5.45. The number of aromatic nitrogens is 3. The maximum atomic E-state index is 5.35. The summed E-state index contributed by atoms with van der Waals surface area (Å²) in [4.78, 5) is 15.8. The Morgan fingerprint density at radius 2 is 1.17 bits per heavy atom. The highest BCUT2D eigenvalue weighted by Crippen LogP contribution is 2.43. The molecule has 0 amide bonds. The van der Waals surface area contributed by atoms with E-state index in [1.54, 1.807) is 0 Å². The molecular formula is C42H31N3S. The van der Waals surface area contributed by atoms with Gasteiger partial charge in [0.25, 0.3) is 0 Å². The second-order valence-corrected chi connectivity index (χ2v) is 12.9. The van der Waals surface area contributed by atoms with Crippen LogP contribution in [-0.4, -0.2) is 15.0 Å². The van der Waals surface area contributed by atoms with E-state index in [9.17, 15) is 0 Å². The summed E-state index contributed by atoms with van der Waals surface area (Å²) >= 11 is 1.82. The summed E-state index contributed by atoms with van der Waals surface area (Å²) in [5, 5.41) is 2.48. The molecule has 0 radical (unpaired) electrons. The van der Waals surface area contributed by atoms with Crippen molar-refractivity contribution in [2.45, 2.75) is 20.8 Å². The third-order valence-electron chi connectivity index (χ3n) is 8.62. The number of aryl methyl sites for hydroxylation is 3. The molecule has 0 bridgehead atoms. The molecule has 0 aliphatic heterocycles. The minimum absolute atomic E-state index is 0.724. The van der Waals surface area contributed by atoms with Gasteiger partial charge < -0.3 is 0 Å². The zero-order chi connectivity index (χ0) is 31.2. The minimum atomic E-state index is 0.724. The fourth-order valence-corrected chi connectivity index (χ4v) is 7.75. The van der Waals surface area contributed by atoms with Gasteiger partial charge in [-0.3, -0.25) is 4.98 Å². The first kappa shape index (κ1) is 28.1. The van der Waals surface area contributed by atoms with Gasteiger partial charge in [0.1, 0.15) is 0 Å². The van der Waals surface area contributed by atoms with Crippen LogP contribution in [0.2, 0.25) is 0 Å². The van der Waals surface area contributed by atoms with Gasteiger partial charge >= 0.3 is 0 Å². The van der Waals surface area contributed by atoms with E-state index in [4.69, 9.17) is 15.0 Å². The number of hydrogen-bond donors (Lipinski definition) is 0. The lowest BCUT2D eigenvalue weighted by molar-refractivity contribution is 1.16. The standard InChI is InChI=1S/C42H31N3S/c1-26-21-27(2)39(28(3)22-26)42-44-35(30-15-8-5-9-16-30)24-36(45-42)34-23-31(29-13-6-4-7-14-29)25-43-41(34)33-18-12-20-38-40(33)32-17-10-11-19-37(32)46-38/h4-25H,1-3H3. The highest BCUT2D eigenvalue weighted by molar-refractivity contribution is 7.25. The van der Waals surface area contributed by atoms with Gasteiger partial charge in [-0.15, -0.1) is 11.3 Å². The Kier molecular flexibility index (Phi) is 7.00. The van der Waals surface area contributed by atoms with Crippen molar-refractivity contribution < 1.29 is 0 Å². The molecule has 3 heterocycles. The van der Waals surface area contributed by atoms with E-state index < -0.39 is 0 Å². The molecule has 0 atom stereocenters. The maximum Gasteiger partial charge on any atom is 0.160 e. The zero-order valence-electron chi connectivity index (χ0n) is 26.0. The number of nitrogens with zero attached hydrogens (tertiary/aromatic N) is 3. The quantitative estimate of drug-likeness (QED) is 0.195. The fraction of sp³-hybridized carbons (Fsp3) is 0.0714. The number of benzene rings is 5. The first-order valence-electron chi connectivity index (χ1n) is 15.5. The molecule has 0 saturated heterocycles. The molecule has 220 valence electrons. The van der Waals surface area contributed by atoms with Crippen LogP contribution in [-0.2, 0) is 0 Å². The predicted octanol–water partition coefficient (Wildman–Crippen LogP) is 11.5. The highest BCUT2D eigenvalue weighted by atomic mass is 32.1. The summed E-state index contributed by atoms with van der Waals surface area (Å²) < 4.78 is 2.52. The van der Waals surface area contributed by atoms with Crippen molar-refractivity contribution in [1.82, 2.24) is 15.0 Å². The Labute approximate surface area is 272 Å². The van der Waals surface area contributed by atoms with E-state index in [-0.39, 0.29) is 0 Å². The first-order chi connectivity index (χ1) is 22.5. The third kappa shape index (κ3) is 4.97. The van der Waals surface area contributed by atoms with E-state index >= 15 is 0 Å². The van der Waals surface area contributed by atoms with Crippen molar-refractivity contribution in [2.24, 2.45) is 0 Å². The van der Waals surface area contributed by atoms with E-state index in [1.165, 1.54) is 36.9 Å². The van der Waals surface area contributed by atoms with E-state index in [2.05, 4.69) is 136 Å². The summed E-state index contributed by atoms with van der Waals surface area (Å²) in [7, 11) is 0. The SMILES string of the molecule is Cc1cc(C)c(-c2nc(-c3ccccc3)cc(-c3cc(-c4ccccc4)cnc3-c3cccc4sc5ccccc5c34)n2)c(C)c1. The van der Waals surface area contributed by atoms with Crippen LogP contribution in [0.25, 0.3) is 76.5 Å². The van der Waals surface area contributed by atoms with Crippen LogP contribution in [0.15, 0.2) is 134 Å². The fourth-order valence-electron chi connectivity index (χ4n) is 6.62. The summed E-state index contributed by atoms with van der Waals surface area (Å²) in [6, 6.07) is 44.8. The zero-order valence-corrected chi connectivity index (χ0v) is 26.8. The summed E-state index contributed by atoms with van der Waals surface area (Å²) in [5.41, 5.74) is 12.6. The molecule has 0 spiro atoms. The topological polar surface area (TPSA) is 38.7 Å². The summed E-state index contributed by atoms with van der Waals surface area (Å²) in [6.45, 7) is 6.44. The lowest BCUT2D eigenvalue weighted by Gasteiger charge is -2.16. The molecule has 5 aromatic carbocycles.